The number of methoxy groups -OCH3 is 2. The van der Waals surface area contributed by atoms with Crippen molar-refractivity contribution in [2.45, 2.75) is 12.0 Å². The maximum atomic E-state index is 5.47. The van der Waals surface area contributed by atoms with E-state index in [0.717, 1.165) is 90.2 Å². The van der Waals surface area contributed by atoms with Gasteiger partial charge in [0.2, 0.25) is 0 Å². The van der Waals surface area contributed by atoms with Crippen molar-refractivity contribution in [1.82, 2.24) is 4.57 Å². The smallest absolute Gasteiger partial charge is 0.118 e. The van der Waals surface area contributed by atoms with E-state index in [1.807, 2.05) is 24.3 Å². The molecule has 0 fully saturated rings. The minimum absolute atomic E-state index is 0.199. The van der Waals surface area contributed by atoms with Crippen LogP contribution in [0.5, 0.6) is 11.5 Å². The fraction of sp³-hybridized carbons (Fsp3) is 0.0541. The summed E-state index contributed by atoms with van der Waals surface area (Å²) < 4.78 is 13.3. The fourth-order valence-corrected chi connectivity index (χ4v) is 12.0. The molecule has 0 bridgehead atoms. The maximum absolute atomic E-state index is 5.47. The summed E-state index contributed by atoms with van der Waals surface area (Å²) in [5.41, 5.74) is 20.5. The fourth-order valence-electron chi connectivity index (χ4n) is 12.0. The topological polar surface area (TPSA) is 33.1 Å². The van der Waals surface area contributed by atoms with Crippen LogP contribution in [0.15, 0.2) is 291 Å². The third-order valence-corrected chi connectivity index (χ3v) is 15.9. The average Bonchev–Trinajstić information content (AvgIpc) is 4.28. The molecule has 0 saturated heterocycles. The quantitative estimate of drug-likeness (QED) is 0.115. The highest BCUT2D eigenvalue weighted by atomic mass is 16.5. The number of ether oxygens (including phenoxy) is 2. The Morgan fingerprint density at radius 3 is 1.24 bits per heavy atom. The predicted octanol–water partition coefficient (Wildman–Crippen LogP) is 19.5. The zero-order chi connectivity index (χ0) is 53.5. The number of fused-ring (bicyclic) bond motifs is 6. The molecule has 0 N–H and O–H groups in total. The molecule has 6 heteroatoms. The van der Waals surface area contributed by atoms with Crippen molar-refractivity contribution in [3.05, 3.63) is 297 Å². The van der Waals surface area contributed by atoms with Gasteiger partial charge in [-0.05, 0) is 178 Å². The van der Waals surface area contributed by atoms with Gasteiger partial charge in [0.1, 0.15) is 11.5 Å². The van der Waals surface area contributed by atoms with Crippen LogP contribution in [0.4, 0.5) is 45.5 Å². The molecule has 1 aromatic heterocycles. The molecular weight excluding hydrogens is 977 g/mol. The van der Waals surface area contributed by atoms with Crippen molar-refractivity contribution >= 4 is 67.3 Å². The zero-order valence-corrected chi connectivity index (χ0v) is 44.5. The van der Waals surface area contributed by atoms with Gasteiger partial charge in [-0.25, -0.2) is 0 Å². The average molecular weight is 1030 g/mol. The summed E-state index contributed by atoms with van der Waals surface area (Å²) in [5.74, 6) is 1.91. The first-order chi connectivity index (χ1) is 39.6. The van der Waals surface area contributed by atoms with Gasteiger partial charge in [-0.1, -0.05) is 152 Å². The van der Waals surface area contributed by atoms with Crippen molar-refractivity contribution in [2.24, 2.45) is 0 Å². The molecule has 0 saturated carbocycles. The number of allylic oxidation sites excluding steroid dienone is 2. The molecule has 14 rings (SSSR count). The third-order valence-electron chi connectivity index (χ3n) is 15.9. The van der Waals surface area contributed by atoms with Crippen molar-refractivity contribution in [1.29, 1.82) is 0 Å². The molecule has 12 aromatic rings. The molecule has 2 aliphatic rings. The number of aromatic nitrogens is 1. The van der Waals surface area contributed by atoms with Gasteiger partial charge in [0.15, 0.2) is 0 Å². The lowest BCUT2D eigenvalue weighted by atomic mass is 9.91. The Labute approximate surface area is 467 Å². The summed E-state index contributed by atoms with van der Waals surface area (Å²) in [6.45, 7) is 0. The Morgan fingerprint density at radius 1 is 0.338 bits per heavy atom. The van der Waals surface area contributed by atoms with Crippen LogP contribution in [0, 0.1) is 0 Å². The van der Waals surface area contributed by atoms with Crippen molar-refractivity contribution < 1.29 is 9.47 Å². The summed E-state index contributed by atoms with van der Waals surface area (Å²) in [5, 5.41) is 2.41. The van der Waals surface area contributed by atoms with E-state index >= 15 is 0 Å². The van der Waals surface area contributed by atoms with Crippen LogP contribution in [0.2, 0.25) is 0 Å². The summed E-state index contributed by atoms with van der Waals surface area (Å²) in [4.78, 5) is 7.24. The van der Waals surface area contributed by atoms with E-state index in [1.165, 1.54) is 33.2 Å². The molecule has 0 radical (unpaired) electrons. The van der Waals surface area contributed by atoms with Gasteiger partial charge in [0, 0.05) is 67.9 Å². The van der Waals surface area contributed by atoms with Crippen LogP contribution in [0.3, 0.4) is 0 Å². The lowest BCUT2D eigenvalue weighted by molar-refractivity contribution is 0.415. The molecule has 80 heavy (non-hydrogen) atoms. The SMILES string of the molecule is COc1ccc(-c2ccc(N(c3ccc(-c4ccc(N(c5ccc(-c6ccc(OC)cc6)cc5)c5ccc6c(c5)c5ccccc5n6-c5ccccc5)cc4)cc3)c3ccc4c(c3)C3C=CC=CC3N4c3ccccc3)cc2)cc1. The molecule has 0 amide bonds. The highest BCUT2D eigenvalue weighted by molar-refractivity contribution is 6.10. The van der Waals surface area contributed by atoms with E-state index in [1.54, 1.807) is 14.2 Å². The molecular formula is C74H56N4O2. The predicted molar refractivity (Wildman–Crippen MR) is 333 cm³/mol. The Morgan fingerprint density at radius 2 is 0.738 bits per heavy atom. The lowest BCUT2D eigenvalue weighted by Crippen LogP contribution is -2.28. The van der Waals surface area contributed by atoms with Crippen LogP contribution in [-0.4, -0.2) is 24.8 Å². The molecule has 11 aromatic carbocycles. The van der Waals surface area contributed by atoms with Gasteiger partial charge in [-0.15, -0.1) is 0 Å². The Bertz CT molecular complexity index is 4230. The van der Waals surface area contributed by atoms with Crippen molar-refractivity contribution in [3.63, 3.8) is 0 Å². The van der Waals surface area contributed by atoms with Gasteiger partial charge in [-0.2, -0.15) is 0 Å². The van der Waals surface area contributed by atoms with E-state index in [2.05, 4.69) is 286 Å². The number of para-hydroxylation sites is 3. The standard InChI is InChI=1S/C74H56N4O2/c1-79-65-43-29-55(30-44-65)53-25-37-61(38-26-53)75(63-41-47-73-69(49-63)67-17-9-11-19-71(67)77(73)57-13-5-3-6-14-57)59-33-21-51(22-34-59)52-23-35-60(36-24-52)76(62-39-27-54(28-40-62)56-31-45-66(80-2)46-32-56)64-42-48-74-70(50-64)68-18-10-12-20-72(68)78(74)58-15-7-4-8-16-58/h3-50,67,71H,1-2H3. The van der Waals surface area contributed by atoms with Crippen LogP contribution >= 0.6 is 0 Å². The molecule has 384 valence electrons. The Hall–Kier alpha value is -10.3. The summed E-state index contributed by atoms with van der Waals surface area (Å²) in [6.07, 6.45) is 9.07. The highest BCUT2D eigenvalue weighted by Crippen LogP contribution is 2.50. The van der Waals surface area contributed by atoms with Crippen molar-refractivity contribution in [2.75, 3.05) is 28.9 Å². The van der Waals surface area contributed by atoms with E-state index < -0.39 is 0 Å². The largest absolute Gasteiger partial charge is 0.497 e. The first-order valence-electron chi connectivity index (χ1n) is 27.3. The number of hydrogen-bond donors (Lipinski definition) is 0. The Kier molecular flexibility index (Phi) is 12.4. The second kappa shape index (κ2) is 20.6. The molecule has 1 aliphatic carbocycles. The molecule has 0 spiro atoms. The number of anilines is 8. The highest BCUT2D eigenvalue weighted by Gasteiger charge is 2.38. The third kappa shape index (κ3) is 8.73. The van der Waals surface area contributed by atoms with Gasteiger partial charge >= 0.3 is 0 Å². The van der Waals surface area contributed by atoms with Gasteiger partial charge < -0.3 is 28.7 Å². The first-order valence-corrected chi connectivity index (χ1v) is 27.3. The normalized spacial score (nSPS) is 14.2. The van der Waals surface area contributed by atoms with Gasteiger partial charge in [0.05, 0.1) is 31.3 Å². The monoisotopic (exact) mass is 1030 g/mol. The van der Waals surface area contributed by atoms with Crippen LogP contribution in [0.25, 0.3) is 60.9 Å². The second-order valence-electron chi connectivity index (χ2n) is 20.4. The maximum Gasteiger partial charge on any atom is 0.118 e. The summed E-state index contributed by atoms with van der Waals surface area (Å²) >= 11 is 0. The summed E-state index contributed by atoms with van der Waals surface area (Å²) in [7, 11) is 3.41. The van der Waals surface area contributed by atoms with Crippen molar-refractivity contribution in [3.8, 4) is 50.6 Å². The second-order valence-corrected chi connectivity index (χ2v) is 20.4. The number of rotatable bonds is 13. The first kappa shape index (κ1) is 48.1. The minimum Gasteiger partial charge on any atom is -0.497 e. The Balaban J connectivity index is 0.826. The van der Waals surface area contributed by atoms with Crippen LogP contribution in [-0.2, 0) is 0 Å². The number of nitrogens with zero attached hydrogens (tertiary/aromatic N) is 4. The molecule has 6 nitrogen and oxygen atoms in total. The minimum atomic E-state index is 0.199. The number of hydrogen-bond acceptors (Lipinski definition) is 5. The van der Waals surface area contributed by atoms with Gasteiger partial charge in [0.25, 0.3) is 0 Å². The number of benzene rings is 11. The van der Waals surface area contributed by atoms with Crippen LogP contribution < -0.4 is 24.2 Å². The lowest BCUT2D eigenvalue weighted by Gasteiger charge is -2.28. The van der Waals surface area contributed by atoms with E-state index in [0.29, 0.717) is 0 Å². The molecule has 2 heterocycles. The summed E-state index contributed by atoms with van der Waals surface area (Å²) in [6, 6.07) is 96.5. The van der Waals surface area contributed by atoms with Crippen LogP contribution in [0.1, 0.15) is 11.5 Å². The molecule has 2 atom stereocenters. The van der Waals surface area contributed by atoms with E-state index in [9.17, 15) is 0 Å². The zero-order valence-electron chi connectivity index (χ0n) is 44.5. The molecule has 1 aliphatic heterocycles. The molecule has 2 unspecified atom stereocenters. The van der Waals surface area contributed by atoms with E-state index in [-0.39, 0.29) is 12.0 Å². The van der Waals surface area contributed by atoms with Gasteiger partial charge in [-0.3, -0.25) is 0 Å². The van der Waals surface area contributed by atoms with E-state index in [4.69, 9.17) is 9.47 Å².